The maximum Gasteiger partial charge on any atom is 0.305 e. The highest BCUT2D eigenvalue weighted by molar-refractivity contribution is 6.38. The minimum absolute atomic E-state index is 0.0653. The van der Waals surface area contributed by atoms with Crippen LogP contribution in [0, 0.1) is 11.3 Å². The fourth-order valence-corrected chi connectivity index (χ4v) is 0.991. The fourth-order valence-electron chi connectivity index (χ4n) is 0.991. The van der Waals surface area contributed by atoms with Crippen LogP contribution in [0.1, 0.15) is 33.1 Å². The molecule has 0 unspecified atom stereocenters. The van der Waals surface area contributed by atoms with Crippen molar-refractivity contribution >= 4 is 17.5 Å². The molecule has 4 heteroatoms. The molecule has 0 aliphatic carbocycles. The van der Waals surface area contributed by atoms with Crippen molar-refractivity contribution in [2.45, 2.75) is 33.1 Å². The van der Waals surface area contributed by atoms with Crippen LogP contribution in [0.2, 0.25) is 0 Å². The molecule has 0 aliphatic heterocycles. The number of carbonyl (C=O) groups is 2. The number of ketones is 1. The van der Waals surface area contributed by atoms with Crippen LogP contribution in [0.15, 0.2) is 0 Å². The molecule has 4 nitrogen and oxygen atoms in total. The molecule has 0 atom stereocenters. The topological polar surface area (TPSA) is 67.2 Å². The molecule has 0 amide bonds. The Morgan fingerprint density at radius 3 is 2.29 bits per heavy atom. The first-order valence-corrected chi connectivity index (χ1v) is 4.64. The van der Waals surface area contributed by atoms with Crippen LogP contribution >= 0.6 is 0 Å². The summed E-state index contributed by atoms with van der Waals surface area (Å²) in [5.41, 5.74) is 0.101. The van der Waals surface area contributed by atoms with Gasteiger partial charge in [-0.1, -0.05) is 13.8 Å². The molecule has 1 N–H and O–H groups in total. The standard InChI is InChI=1S/C10H17NO3/c1-7(2)6-8(11)9(12)4-5-10(13)14-3/h7,11H,4-6H2,1-3H3. The van der Waals surface area contributed by atoms with E-state index in [1.54, 1.807) is 0 Å². The molecule has 0 aromatic heterocycles. The van der Waals surface area contributed by atoms with Crippen LogP contribution in [0.4, 0.5) is 0 Å². The highest BCUT2D eigenvalue weighted by Gasteiger charge is 2.12. The van der Waals surface area contributed by atoms with Crippen molar-refractivity contribution in [3.63, 3.8) is 0 Å². The van der Waals surface area contributed by atoms with Crippen molar-refractivity contribution < 1.29 is 14.3 Å². The van der Waals surface area contributed by atoms with E-state index in [1.165, 1.54) is 7.11 Å². The van der Waals surface area contributed by atoms with E-state index in [-0.39, 0.29) is 24.3 Å². The molecule has 0 fully saturated rings. The zero-order chi connectivity index (χ0) is 11.1. The number of hydrogen-bond acceptors (Lipinski definition) is 4. The molecule has 0 bridgehead atoms. The maximum atomic E-state index is 11.3. The van der Waals surface area contributed by atoms with Crippen molar-refractivity contribution in [2.24, 2.45) is 5.92 Å². The van der Waals surface area contributed by atoms with Gasteiger partial charge in [-0.25, -0.2) is 0 Å². The SMILES string of the molecule is COC(=O)CCC(=O)C(=N)CC(C)C. The Kier molecular flexibility index (Phi) is 5.76. The van der Waals surface area contributed by atoms with E-state index in [0.29, 0.717) is 12.3 Å². The van der Waals surface area contributed by atoms with E-state index in [0.717, 1.165) is 0 Å². The second-order valence-corrected chi connectivity index (χ2v) is 3.58. The zero-order valence-electron chi connectivity index (χ0n) is 8.92. The van der Waals surface area contributed by atoms with E-state index in [2.05, 4.69) is 4.74 Å². The lowest BCUT2D eigenvalue weighted by molar-refractivity contribution is -0.141. The number of rotatable bonds is 6. The van der Waals surface area contributed by atoms with Gasteiger partial charge in [-0.05, 0) is 12.3 Å². The van der Waals surface area contributed by atoms with E-state index < -0.39 is 5.97 Å². The van der Waals surface area contributed by atoms with Gasteiger partial charge in [0.05, 0.1) is 19.2 Å². The van der Waals surface area contributed by atoms with Gasteiger partial charge in [-0.3, -0.25) is 9.59 Å². The van der Waals surface area contributed by atoms with Crippen molar-refractivity contribution in [3.05, 3.63) is 0 Å². The quantitative estimate of drug-likeness (QED) is 0.521. The van der Waals surface area contributed by atoms with Gasteiger partial charge in [0.1, 0.15) is 0 Å². The summed E-state index contributed by atoms with van der Waals surface area (Å²) >= 11 is 0. The second kappa shape index (κ2) is 6.29. The maximum absolute atomic E-state index is 11.3. The van der Waals surface area contributed by atoms with Crippen molar-refractivity contribution in [1.82, 2.24) is 0 Å². The van der Waals surface area contributed by atoms with Crippen LogP contribution in [0.25, 0.3) is 0 Å². The van der Waals surface area contributed by atoms with Crippen LogP contribution in [-0.2, 0) is 14.3 Å². The minimum atomic E-state index is -0.407. The third-order valence-corrected chi connectivity index (χ3v) is 1.73. The number of hydrogen-bond donors (Lipinski definition) is 1. The van der Waals surface area contributed by atoms with Gasteiger partial charge in [0, 0.05) is 6.42 Å². The lowest BCUT2D eigenvalue weighted by Crippen LogP contribution is -2.16. The molecule has 80 valence electrons. The first-order valence-electron chi connectivity index (χ1n) is 4.64. The summed E-state index contributed by atoms with van der Waals surface area (Å²) < 4.78 is 4.40. The molecule has 0 aliphatic rings. The Hall–Kier alpha value is -1.19. The number of ether oxygens (including phenoxy) is 1. The molecule has 0 rings (SSSR count). The predicted molar refractivity (Wildman–Crippen MR) is 53.4 cm³/mol. The van der Waals surface area contributed by atoms with Crippen molar-refractivity contribution in [1.29, 1.82) is 5.41 Å². The van der Waals surface area contributed by atoms with Gasteiger partial charge in [0.15, 0.2) is 5.78 Å². The van der Waals surface area contributed by atoms with Gasteiger partial charge in [0.2, 0.25) is 0 Å². The summed E-state index contributed by atoms with van der Waals surface area (Å²) in [6, 6.07) is 0. The van der Waals surface area contributed by atoms with Gasteiger partial charge in [0.25, 0.3) is 0 Å². The summed E-state index contributed by atoms with van der Waals surface area (Å²) in [6.07, 6.45) is 0.619. The molecule has 0 aromatic carbocycles. The number of methoxy groups -OCH3 is 1. The zero-order valence-corrected chi connectivity index (χ0v) is 8.92. The Morgan fingerprint density at radius 2 is 1.86 bits per heavy atom. The van der Waals surface area contributed by atoms with E-state index in [9.17, 15) is 9.59 Å². The van der Waals surface area contributed by atoms with Gasteiger partial charge < -0.3 is 10.1 Å². The molecule has 0 radical (unpaired) electrons. The largest absolute Gasteiger partial charge is 0.469 e. The van der Waals surface area contributed by atoms with Gasteiger partial charge in [-0.15, -0.1) is 0 Å². The predicted octanol–water partition coefficient (Wildman–Crippen LogP) is 1.57. The molecule has 0 spiro atoms. The summed E-state index contributed by atoms with van der Waals surface area (Å²) in [5, 5.41) is 7.42. The number of esters is 1. The first kappa shape index (κ1) is 12.8. The third kappa shape index (κ3) is 5.45. The summed E-state index contributed by atoms with van der Waals surface area (Å²) in [6.45, 7) is 3.89. The Labute approximate surface area is 84.1 Å². The van der Waals surface area contributed by atoms with Crippen LogP contribution < -0.4 is 0 Å². The molecule has 14 heavy (non-hydrogen) atoms. The molecule has 0 aromatic rings. The van der Waals surface area contributed by atoms with Crippen LogP contribution in [0.5, 0.6) is 0 Å². The summed E-state index contributed by atoms with van der Waals surface area (Å²) in [7, 11) is 1.28. The molecular formula is C10H17NO3. The first-order chi connectivity index (χ1) is 6.47. The highest BCUT2D eigenvalue weighted by Crippen LogP contribution is 2.04. The van der Waals surface area contributed by atoms with Crippen molar-refractivity contribution in [2.75, 3.05) is 7.11 Å². The monoisotopic (exact) mass is 199 g/mol. The van der Waals surface area contributed by atoms with E-state index in [1.807, 2.05) is 13.8 Å². The lowest BCUT2D eigenvalue weighted by atomic mass is 10.0. The number of Topliss-reactive ketones (excluding diaryl/α,β-unsaturated/α-hetero) is 1. The average Bonchev–Trinajstić information content (AvgIpc) is 2.12. The highest BCUT2D eigenvalue weighted by atomic mass is 16.5. The third-order valence-electron chi connectivity index (χ3n) is 1.73. The average molecular weight is 199 g/mol. The summed E-state index contributed by atoms with van der Waals surface area (Å²) in [5.74, 6) is -0.371. The Morgan fingerprint density at radius 1 is 1.29 bits per heavy atom. The molecule has 0 saturated carbocycles. The lowest BCUT2D eigenvalue weighted by Gasteiger charge is -2.05. The Bertz CT molecular complexity index is 234. The molecule has 0 heterocycles. The smallest absolute Gasteiger partial charge is 0.305 e. The fraction of sp³-hybridized carbons (Fsp3) is 0.700. The van der Waals surface area contributed by atoms with Crippen LogP contribution in [0.3, 0.4) is 0 Å². The number of carbonyl (C=O) groups excluding carboxylic acids is 2. The van der Waals surface area contributed by atoms with Gasteiger partial charge in [-0.2, -0.15) is 0 Å². The number of nitrogens with one attached hydrogen (secondary N) is 1. The second-order valence-electron chi connectivity index (χ2n) is 3.58. The Balaban J connectivity index is 3.85. The molecular weight excluding hydrogens is 182 g/mol. The van der Waals surface area contributed by atoms with Crippen LogP contribution in [-0.4, -0.2) is 24.6 Å². The minimum Gasteiger partial charge on any atom is -0.469 e. The van der Waals surface area contributed by atoms with E-state index in [4.69, 9.17) is 5.41 Å². The van der Waals surface area contributed by atoms with E-state index >= 15 is 0 Å². The molecule has 0 saturated heterocycles. The summed E-state index contributed by atoms with van der Waals surface area (Å²) in [4.78, 5) is 22.0. The normalized spacial score (nSPS) is 10.0. The van der Waals surface area contributed by atoms with Gasteiger partial charge >= 0.3 is 5.97 Å². The van der Waals surface area contributed by atoms with Crippen molar-refractivity contribution in [3.8, 4) is 0 Å².